The fourth-order valence-corrected chi connectivity index (χ4v) is 3.14. The molecular formula is C14H10F3NOS. The molecule has 0 fully saturated rings. The number of aliphatic hydroxyl groups is 1. The van der Waals surface area contributed by atoms with Crippen LogP contribution in [0.4, 0.5) is 13.2 Å². The van der Waals surface area contributed by atoms with Gasteiger partial charge in [0.05, 0.1) is 0 Å². The molecule has 2 heterocycles. The summed E-state index contributed by atoms with van der Waals surface area (Å²) in [5.41, 5.74) is -2.62. The van der Waals surface area contributed by atoms with Crippen LogP contribution in [0.25, 0.3) is 10.9 Å². The maximum absolute atomic E-state index is 13.5. The van der Waals surface area contributed by atoms with E-state index in [1.165, 1.54) is 23.7 Å². The molecule has 104 valence electrons. The number of nitrogens with one attached hydrogen (secondary N) is 1. The minimum atomic E-state index is -4.80. The van der Waals surface area contributed by atoms with Gasteiger partial charge in [-0.05, 0) is 17.5 Å². The molecule has 2 N–H and O–H groups in total. The number of aromatic nitrogens is 1. The zero-order valence-electron chi connectivity index (χ0n) is 10.1. The molecule has 0 saturated heterocycles. The number of alkyl halides is 3. The summed E-state index contributed by atoms with van der Waals surface area (Å²) in [4.78, 5) is 2.63. The van der Waals surface area contributed by atoms with Gasteiger partial charge in [0.1, 0.15) is 0 Å². The summed E-state index contributed by atoms with van der Waals surface area (Å²) >= 11 is 0.880. The molecule has 0 bridgehead atoms. The van der Waals surface area contributed by atoms with E-state index in [2.05, 4.69) is 4.98 Å². The van der Waals surface area contributed by atoms with E-state index in [0.29, 0.717) is 10.9 Å². The van der Waals surface area contributed by atoms with Gasteiger partial charge < -0.3 is 10.1 Å². The number of fused-ring (bicyclic) bond motifs is 1. The van der Waals surface area contributed by atoms with Gasteiger partial charge in [0, 0.05) is 27.5 Å². The topological polar surface area (TPSA) is 36.0 Å². The average Bonchev–Trinajstić information content (AvgIpc) is 3.06. The summed E-state index contributed by atoms with van der Waals surface area (Å²) < 4.78 is 40.5. The predicted molar refractivity (Wildman–Crippen MR) is 71.7 cm³/mol. The molecule has 2 aromatic heterocycles. The van der Waals surface area contributed by atoms with Crippen molar-refractivity contribution >= 4 is 22.2 Å². The van der Waals surface area contributed by atoms with Crippen LogP contribution in [0.2, 0.25) is 0 Å². The van der Waals surface area contributed by atoms with Gasteiger partial charge in [0.15, 0.2) is 0 Å². The summed E-state index contributed by atoms with van der Waals surface area (Å²) in [5.74, 6) is 0. The van der Waals surface area contributed by atoms with Crippen molar-refractivity contribution in [3.8, 4) is 0 Å². The molecule has 3 aromatic rings. The SMILES string of the molecule is O[C@](c1cccs1)(c1c[nH]c2ccccc12)C(F)(F)F. The van der Waals surface area contributed by atoms with Crippen LogP contribution in [-0.2, 0) is 5.60 Å². The number of aromatic amines is 1. The Labute approximate surface area is 116 Å². The first-order chi connectivity index (χ1) is 9.44. The van der Waals surface area contributed by atoms with Gasteiger partial charge in [-0.1, -0.05) is 24.3 Å². The van der Waals surface area contributed by atoms with E-state index >= 15 is 0 Å². The number of halogens is 3. The Hall–Kier alpha value is -1.79. The Kier molecular flexibility index (Phi) is 2.88. The second-order valence-electron chi connectivity index (χ2n) is 4.43. The van der Waals surface area contributed by atoms with Gasteiger partial charge in [-0.25, -0.2) is 0 Å². The van der Waals surface area contributed by atoms with Crippen molar-refractivity contribution in [1.82, 2.24) is 4.98 Å². The summed E-state index contributed by atoms with van der Waals surface area (Å²) in [6.07, 6.45) is -3.58. The monoisotopic (exact) mass is 297 g/mol. The lowest BCUT2D eigenvalue weighted by molar-refractivity contribution is -0.246. The zero-order valence-corrected chi connectivity index (χ0v) is 10.9. The van der Waals surface area contributed by atoms with Crippen LogP contribution in [0, 0.1) is 0 Å². The molecule has 0 radical (unpaired) electrons. The van der Waals surface area contributed by atoms with Crippen molar-refractivity contribution in [2.24, 2.45) is 0 Å². The first-order valence-electron chi connectivity index (χ1n) is 5.84. The Morgan fingerprint density at radius 2 is 1.80 bits per heavy atom. The molecule has 2 nitrogen and oxygen atoms in total. The highest BCUT2D eigenvalue weighted by Gasteiger charge is 2.57. The second kappa shape index (κ2) is 4.36. The summed E-state index contributed by atoms with van der Waals surface area (Å²) in [6, 6.07) is 9.38. The van der Waals surface area contributed by atoms with Crippen molar-refractivity contribution in [3.63, 3.8) is 0 Å². The smallest absolute Gasteiger partial charge is 0.372 e. The number of hydrogen-bond donors (Lipinski definition) is 2. The minimum Gasteiger partial charge on any atom is -0.372 e. The lowest BCUT2D eigenvalue weighted by Gasteiger charge is -2.29. The molecule has 1 atom stereocenters. The number of H-pyrrole nitrogens is 1. The van der Waals surface area contributed by atoms with Crippen LogP contribution < -0.4 is 0 Å². The van der Waals surface area contributed by atoms with Crippen molar-refractivity contribution in [2.45, 2.75) is 11.8 Å². The highest BCUT2D eigenvalue weighted by Crippen LogP contribution is 2.47. The third-order valence-electron chi connectivity index (χ3n) is 3.27. The Morgan fingerprint density at radius 1 is 1.05 bits per heavy atom. The van der Waals surface area contributed by atoms with E-state index in [9.17, 15) is 18.3 Å². The number of rotatable bonds is 2. The molecular weight excluding hydrogens is 287 g/mol. The average molecular weight is 297 g/mol. The molecule has 6 heteroatoms. The zero-order chi connectivity index (χ0) is 14.4. The Bertz CT molecular complexity index is 732. The number of benzene rings is 1. The molecule has 20 heavy (non-hydrogen) atoms. The quantitative estimate of drug-likeness (QED) is 0.736. The number of hydrogen-bond acceptors (Lipinski definition) is 2. The molecule has 0 aliphatic rings. The van der Waals surface area contributed by atoms with E-state index in [0.717, 1.165) is 11.3 Å². The lowest BCUT2D eigenvalue weighted by Crippen LogP contribution is -2.42. The summed E-state index contributed by atoms with van der Waals surface area (Å²) in [5, 5.41) is 12.3. The summed E-state index contributed by atoms with van der Waals surface area (Å²) in [6.45, 7) is 0. The first-order valence-corrected chi connectivity index (χ1v) is 6.72. The van der Waals surface area contributed by atoms with Gasteiger partial charge >= 0.3 is 6.18 Å². The minimum absolute atomic E-state index is 0.144. The molecule has 1 aromatic carbocycles. The van der Waals surface area contributed by atoms with E-state index in [1.807, 2.05) is 0 Å². The fourth-order valence-electron chi connectivity index (χ4n) is 2.28. The van der Waals surface area contributed by atoms with Crippen LogP contribution in [0.15, 0.2) is 48.0 Å². The van der Waals surface area contributed by atoms with Crippen molar-refractivity contribution in [1.29, 1.82) is 0 Å². The first kappa shape index (κ1) is 13.2. The molecule has 0 saturated carbocycles. The Morgan fingerprint density at radius 3 is 2.45 bits per heavy atom. The van der Waals surface area contributed by atoms with Crippen molar-refractivity contribution < 1.29 is 18.3 Å². The molecule has 0 spiro atoms. The summed E-state index contributed by atoms with van der Waals surface area (Å²) in [7, 11) is 0. The number of para-hydroxylation sites is 1. The van der Waals surface area contributed by atoms with Crippen molar-refractivity contribution in [3.05, 3.63) is 58.4 Å². The maximum atomic E-state index is 13.5. The van der Waals surface area contributed by atoms with Crippen LogP contribution in [0.5, 0.6) is 0 Å². The van der Waals surface area contributed by atoms with Crippen LogP contribution in [0.1, 0.15) is 10.4 Å². The van der Waals surface area contributed by atoms with E-state index in [4.69, 9.17) is 0 Å². The highest BCUT2D eigenvalue weighted by atomic mass is 32.1. The van der Waals surface area contributed by atoms with Gasteiger partial charge in [-0.15, -0.1) is 11.3 Å². The fraction of sp³-hybridized carbons (Fsp3) is 0.143. The normalized spacial score (nSPS) is 15.4. The molecule has 0 amide bonds. The lowest BCUT2D eigenvalue weighted by atomic mass is 9.91. The van der Waals surface area contributed by atoms with Crippen LogP contribution in [0.3, 0.4) is 0 Å². The van der Waals surface area contributed by atoms with E-state index in [-0.39, 0.29) is 10.4 Å². The van der Waals surface area contributed by atoms with Gasteiger partial charge in [-0.3, -0.25) is 0 Å². The van der Waals surface area contributed by atoms with Gasteiger partial charge in [0.25, 0.3) is 0 Å². The largest absolute Gasteiger partial charge is 0.426 e. The molecule has 0 aliphatic heterocycles. The molecule has 0 unspecified atom stereocenters. The van der Waals surface area contributed by atoms with Gasteiger partial charge in [0.2, 0.25) is 5.60 Å². The van der Waals surface area contributed by atoms with Gasteiger partial charge in [-0.2, -0.15) is 13.2 Å². The number of thiophene rings is 1. The standard InChI is InChI=1S/C14H10F3NOS/c15-14(16,17)13(19,12-6-3-7-20-12)10-8-18-11-5-2-1-4-9(10)11/h1-8,18-19H/t13-/m0/s1. The van der Waals surface area contributed by atoms with E-state index in [1.54, 1.807) is 24.3 Å². The highest BCUT2D eigenvalue weighted by molar-refractivity contribution is 7.10. The molecule has 0 aliphatic carbocycles. The molecule has 3 rings (SSSR count). The predicted octanol–water partition coefficient (Wildman–Crippen LogP) is 4.03. The maximum Gasteiger partial charge on any atom is 0.426 e. The third-order valence-corrected chi connectivity index (χ3v) is 4.25. The second-order valence-corrected chi connectivity index (χ2v) is 5.38. The van der Waals surface area contributed by atoms with Crippen LogP contribution in [-0.4, -0.2) is 16.3 Å². The Balaban J connectivity index is 2.31. The van der Waals surface area contributed by atoms with E-state index < -0.39 is 11.8 Å². The van der Waals surface area contributed by atoms with Crippen molar-refractivity contribution in [2.75, 3.05) is 0 Å². The third kappa shape index (κ3) is 1.76. The van der Waals surface area contributed by atoms with Crippen LogP contribution >= 0.6 is 11.3 Å².